The smallest absolute Gasteiger partial charge is 0.272 e. The second kappa shape index (κ2) is 8.24. The maximum atomic E-state index is 11.3. The molecule has 2 aromatic rings. The van der Waals surface area contributed by atoms with E-state index in [0.717, 1.165) is 4.90 Å². The van der Waals surface area contributed by atoms with Crippen LogP contribution < -0.4 is 5.32 Å². The summed E-state index contributed by atoms with van der Waals surface area (Å²) in [5.74, 6) is 0. The molecule has 1 aliphatic rings. The summed E-state index contributed by atoms with van der Waals surface area (Å²) in [5, 5.41) is 44.0. The summed E-state index contributed by atoms with van der Waals surface area (Å²) in [4.78, 5) is 12.3. The van der Waals surface area contributed by atoms with Crippen molar-refractivity contribution in [2.24, 2.45) is 0 Å². The number of ether oxygens (including phenoxy) is 1. The Labute approximate surface area is 159 Å². The number of benzene rings is 2. The zero-order chi connectivity index (χ0) is 19.6. The molecule has 1 fully saturated rings. The first-order valence-corrected chi connectivity index (χ1v) is 9.15. The Kier molecular flexibility index (Phi) is 5.98. The van der Waals surface area contributed by atoms with Crippen molar-refractivity contribution in [3.05, 3.63) is 58.6 Å². The molecule has 1 saturated heterocycles. The topological polar surface area (TPSA) is 125 Å². The van der Waals surface area contributed by atoms with Crippen LogP contribution >= 0.6 is 11.8 Å². The summed E-state index contributed by atoms with van der Waals surface area (Å²) in [5.41, 5.74) is 0.250. The molecule has 2 aromatic carbocycles. The maximum absolute atomic E-state index is 11.3. The van der Waals surface area contributed by atoms with Crippen LogP contribution in [-0.2, 0) is 4.74 Å². The highest BCUT2D eigenvalue weighted by molar-refractivity contribution is 7.99. The lowest BCUT2D eigenvalue weighted by Gasteiger charge is -2.39. The van der Waals surface area contributed by atoms with Crippen LogP contribution in [-0.4, -0.2) is 50.9 Å². The number of aliphatic hydroxyl groups is 3. The second-order valence-corrected chi connectivity index (χ2v) is 7.41. The van der Waals surface area contributed by atoms with Crippen LogP contribution in [0.15, 0.2) is 58.3 Å². The fourth-order valence-electron chi connectivity index (χ4n) is 2.79. The van der Waals surface area contributed by atoms with E-state index >= 15 is 0 Å². The lowest BCUT2D eigenvalue weighted by molar-refractivity contribution is -0.385. The molecule has 5 atom stereocenters. The molecule has 0 aliphatic carbocycles. The number of nitro benzene ring substituents is 1. The average molecular weight is 392 g/mol. The number of non-ortho nitro benzene ring substituents is 1. The van der Waals surface area contributed by atoms with Crippen molar-refractivity contribution >= 4 is 23.1 Å². The molecule has 0 radical (unpaired) electrons. The van der Waals surface area contributed by atoms with E-state index in [1.54, 1.807) is 13.0 Å². The first kappa shape index (κ1) is 19.6. The summed E-state index contributed by atoms with van der Waals surface area (Å²) in [7, 11) is 0. The minimum absolute atomic E-state index is 0.114. The average Bonchev–Trinajstić information content (AvgIpc) is 2.65. The van der Waals surface area contributed by atoms with Gasteiger partial charge in [0, 0.05) is 27.6 Å². The van der Waals surface area contributed by atoms with Gasteiger partial charge in [0.15, 0.2) is 6.23 Å². The van der Waals surface area contributed by atoms with E-state index < -0.39 is 35.6 Å². The van der Waals surface area contributed by atoms with Crippen LogP contribution in [0.2, 0.25) is 0 Å². The fraction of sp³-hybridized carbons (Fsp3) is 0.333. The lowest BCUT2D eigenvalue weighted by Crippen LogP contribution is -2.58. The first-order valence-electron chi connectivity index (χ1n) is 8.34. The Morgan fingerprint density at radius 2 is 1.74 bits per heavy atom. The molecule has 8 nitrogen and oxygen atoms in total. The standard InChI is InChI=1S/C18H20N2O6S/c1-10-15(21)16(22)17(23)18(26-10)19-11-7-12(20(24)25)9-14(8-11)27-13-5-3-2-4-6-13/h2-10,15-19,21-23H,1H3/t10-,15+,16+,17+,18-/m1/s1. The highest BCUT2D eigenvalue weighted by Crippen LogP contribution is 2.33. The van der Waals surface area contributed by atoms with Gasteiger partial charge < -0.3 is 25.4 Å². The van der Waals surface area contributed by atoms with Crippen molar-refractivity contribution in [3.8, 4) is 0 Å². The van der Waals surface area contributed by atoms with Crippen LogP contribution in [0.4, 0.5) is 11.4 Å². The quantitative estimate of drug-likeness (QED) is 0.450. The predicted octanol–water partition coefficient (Wildman–Crippen LogP) is 1.99. The summed E-state index contributed by atoms with van der Waals surface area (Å²) in [6, 6.07) is 13.9. The van der Waals surface area contributed by atoms with Crippen molar-refractivity contribution in [2.75, 3.05) is 5.32 Å². The van der Waals surface area contributed by atoms with Crippen molar-refractivity contribution < 1.29 is 25.0 Å². The van der Waals surface area contributed by atoms with Crippen molar-refractivity contribution in [1.82, 2.24) is 0 Å². The Hall–Kier alpha value is -2.17. The Bertz CT molecular complexity index is 806. The number of hydrogen-bond acceptors (Lipinski definition) is 8. The molecular formula is C18H20N2O6S. The predicted molar refractivity (Wildman–Crippen MR) is 99.6 cm³/mol. The van der Waals surface area contributed by atoms with Crippen molar-refractivity contribution in [2.45, 2.75) is 47.4 Å². The zero-order valence-electron chi connectivity index (χ0n) is 14.4. The number of rotatable bonds is 5. The van der Waals surface area contributed by atoms with Gasteiger partial charge in [0.25, 0.3) is 5.69 Å². The molecule has 4 N–H and O–H groups in total. The largest absolute Gasteiger partial charge is 0.388 e. The molecule has 144 valence electrons. The third-order valence-electron chi connectivity index (χ3n) is 4.24. The van der Waals surface area contributed by atoms with E-state index in [2.05, 4.69) is 5.32 Å². The highest BCUT2D eigenvalue weighted by atomic mass is 32.2. The maximum Gasteiger partial charge on any atom is 0.272 e. The number of hydrogen-bond donors (Lipinski definition) is 4. The van der Waals surface area contributed by atoms with E-state index in [4.69, 9.17) is 4.74 Å². The van der Waals surface area contributed by atoms with Gasteiger partial charge in [0.05, 0.1) is 11.0 Å². The van der Waals surface area contributed by atoms with Gasteiger partial charge in [0.1, 0.15) is 18.3 Å². The lowest BCUT2D eigenvalue weighted by atomic mass is 9.99. The highest BCUT2D eigenvalue weighted by Gasteiger charge is 2.41. The van der Waals surface area contributed by atoms with E-state index in [1.807, 2.05) is 30.3 Å². The molecule has 0 amide bonds. The molecular weight excluding hydrogens is 372 g/mol. The Morgan fingerprint density at radius 3 is 2.41 bits per heavy atom. The molecule has 9 heteroatoms. The van der Waals surface area contributed by atoms with Gasteiger partial charge in [-0.25, -0.2) is 0 Å². The van der Waals surface area contributed by atoms with Gasteiger partial charge in [0.2, 0.25) is 0 Å². The van der Waals surface area contributed by atoms with Crippen LogP contribution in [0.3, 0.4) is 0 Å². The monoisotopic (exact) mass is 392 g/mol. The van der Waals surface area contributed by atoms with Crippen molar-refractivity contribution in [1.29, 1.82) is 0 Å². The molecule has 0 unspecified atom stereocenters. The third kappa shape index (κ3) is 4.57. The molecule has 27 heavy (non-hydrogen) atoms. The van der Waals surface area contributed by atoms with Gasteiger partial charge in [-0.15, -0.1) is 0 Å². The number of aliphatic hydroxyl groups excluding tert-OH is 3. The van der Waals surface area contributed by atoms with Crippen LogP contribution in [0.25, 0.3) is 0 Å². The van der Waals surface area contributed by atoms with E-state index in [1.165, 1.54) is 23.9 Å². The van der Waals surface area contributed by atoms with Gasteiger partial charge in [-0.2, -0.15) is 0 Å². The summed E-state index contributed by atoms with van der Waals surface area (Å²) < 4.78 is 5.50. The molecule has 3 rings (SSSR count). The minimum atomic E-state index is -1.39. The summed E-state index contributed by atoms with van der Waals surface area (Å²) >= 11 is 1.36. The van der Waals surface area contributed by atoms with E-state index in [-0.39, 0.29) is 5.69 Å². The molecule has 0 spiro atoms. The van der Waals surface area contributed by atoms with E-state index in [0.29, 0.717) is 10.6 Å². The number of nitro groups is 1. The Balaban J connectivity index is 1.85. The Morgan fingerprint density at radius 1 is 1.04 bits per heavy atom. The van der Waals surface area contributed by atoms with Crippen LogP contribution in [0.1, 0.15) is 6.92 Å². The number of anilines is 1. The second-order valence-electron chi connectivity index (χ2n) is 6.27. The molecule has 0 saturated carbocycles. The third-order valence-corrected chi connectivity index (χ3v) is 5.22. The number of nitrogens with one attached hydrogen (secondary N) is 1. The van der Waals surface area contributed by atoms with Crippen LogP contribution in [0, 0.1) is 10.1 Å². The van der Waals surface area contributed by atoms with Crippen LogP contribution in [0.5, 0.6) is 0 Å². The zero-order valence-corrected chi connectivity index (χ0v) is 15.2. The van der Waals surface area contributed by atoms with Gasteiger partial charge in [-0.05, 0) is 25.1 Å². The van der Waals surface area contributed by atoms with Gasteiger partial charge in [-0.1, -0.05) is 30.0 Å². The molecule has 0 bridgehead atoms. The first-order chi connectivity index (χ1) is 12.8. The van der Waals surface area contributed by atoms with Crippen molar-refractivity contribution in [3.63, 3.8) is 0 Å². The van der Waals surface area contributed by atoms with Gasteiger partial charge >= 0.3 is 0 Å². The summed E-state index contributed by atoms with van der Waals surface area (Å²) in [6.45, 7) is 1.57. The minimum Gasteiger partial charge on any atom is -0.388 e. The molecule has 1 heterocycles. The SMILES string of the molecule is C[C@H]1O[C@@H](Nc2cc(Sc3ccccc3)cc([N+](=O)[O-])c2)[C@@H](O)[C@@H](O)[C@H]1O. The summed E-state index contributed by atoms with van der Waals surface area (Å²) in [6.07, 6.45) is -5.72. The molecule has 0 aromatic heterocycles. The molecule has 1 aliphatic heterocycles. The number of nitrogens with zero attached hydrogens (tertiary/aromatic N) is 1. The fourth-order valence-corrected chi connectivity index (χ4v) is 3.72. The van der Waals surface area contributed by atoms with E-state index in [9.17, 15) is 25.4 Å². The normalized spacial score (nSPS) is 27.9. The van der Waals surface area contributed by atoms with Gasteiger partial charge in [-0.3, -0.25) is 10.1 Å².